The lowest BCUT2D eigenvalue weighted by Gasteiger charge is -2.05. The number of aromatic nitrogens is 4. The van der Waals surface area contributed by atoms with Crippen LogP contribution in [0.2, 0.25) is 5.02 Å². The molecule has 2 aromatic heterocycles. The number of rotatable bonds is 7. The first-order valence-electron chi connectivity index (χ1n) is 10.9. The second-order valence-corrected chi connectivity index (χ2v) is 9.21. The van der Waals surface area contributed by atoms with Gasteiger partial charge in [-0.2, -0.15) is 0 Å². The zero-order valence-corrected chi connectivity index (χ0v) is 20.5. The summed E-state index contributed by atoms with van der Waals surface area (Å²) in [5, 5.41) is 19.9. The molecule has 0 atom stereocenters. The Hall–Kier alpha value is -3.75. The van der Waals surface area contributed by atoms with Crippen LogP contribution in [0.25, 0.3) is 39.3 Å². The van der Waals surface area contributed by atoms with Gasteiger partial charge in [-0.3, -0.25) is 5.10 Å². The molecule has 0 aliphatic rings. The molecule has 2 heterocycles. The molecule has 7 nitrogen and oxygen atoms in total. The van der Waals surface area contributed by atoms with Gasteiger partial charge in [-0.1, -0.05) is 35.9 Å². The van der Waals surface area contributed by atoms with E-state index in [1.165, 1.54) is 0 Å². The van der Waals surface area contributed by atoms with Gasteiger partial charge in [-0.05, 0) is 66.7 Å². The molecule has 0 saturated carbocycles. The van der Waals surface area contributed by atoms with Gasteiger partial charge in [-0.25, -0.2) is 9.78 Å². The molecule has 3 aromatic carbocycles. The van der Waals surface area contributed by atoms with E-state index in [1.54, 1.807) is 31.4 Å². The quantitative estimate of drug-likeness (QED) is 0.195. The number of fused-ring (bicyclic) bond motifs is 3. The minimum atomic E-state index is -1.06. The Kier molecular flexibility index (Phi) is 6.23. The summed E-state index contributed by atoms with van der Waals surface area (Å²) >= 11 is 7.10. The van der Waals surface area contributed by atoms with E-state index in [0.717, 1.165) is 45.7 Å². The molecule has 176 valence electrons. The van der Waals surface area contributed by atoms with Crippen molar-refractivity contribution < 1.29 is 14.6 Å². The molecule has 0 unspecified atom stereocenters. The highest BCUT2D eigenvalue weighted by Gasteiger charge is 2.17. The highest BCUT2D eigenvalue weighted by atomic mass is 35.5. The summed E-state index contributed by atoms with van der Waals surface area (Å²) in [6, 6.07) is 19.4. The van der Waals surface area contributed by atoms with Crippen LogP contribution in [0, 0.1) is 0 Å². The molecule has 2 N–H and O–H groups in total. The van der Waals surface area contributed by atoms with Crippen molar-refractivity contribution >= 4 is 57.2 Å². The molecule has 0 aliphatic heterocycles. The summed E-state index contributed by atoms with van der Waals surface area (Å²) in [6.07, 6.45) is 1.64. The zero-order valence-electron chi connectivity index (χ0n) is 18.9. The Bertz CT molecular complexity index is 1610. The largest absolute Gasteiger partial charge is 0.496 e. The fourth-order valence-corrected chi connectivity index (χ4v) is 5.04. The monoisotopic (exact) mass is 504 g/mol. The number of carbonyl (C=O) groups is 1. The highest BCUT2D eigenvalue weighted by Crippen LogP contribution is 2.34. The van der Waals surface area contributed by atoms with Crippen LogP contribution in [0.4, 0.5) is 0 Å². The van der Waals surface area contributed by atoms with E-state index < -0.39 is 5.97 Å². The van der Waals surface area contributed by atoms with Crippen LogP contribution in [-0.2, 0) is 11.3 Å². The molecule has 9 heteroatoms. The number of carboxylic acids is 1. The predicted molar refractivity (Wildman–Crippen MR) is 140 cm³/mol. The van der Waals surface area contributed by atoms with E-state index in [9.17, 15) is 9.90 Å². The number of nitrogens with zero attached hydrogens (tertiary/aromatic N) is 3. The maximum absolute atomic E-state index is 12.1. The summed E-state index contributed by atoms with van der Waals surface area (Å²) < 4.78 is 7.63. The number of aliphatic carboxylic acids is 1. The van der Waals surface area contributed by atoms with Crippen molar-refractivity contribution in [3.63, 3.8) is 0 Å². The van der Waals surface area contributed by atoms with E-state index >= 15 is 0 Å². The van der Waals surface area contributed by atoms with Crippen molar-refractivity contribution in [3.05, 3.63) is 76.2 Å². The first kappa shape index (κ1) is 23.0. The van der Waals surface area contributed by atoms with Gasteiger partial charge in [0.1, 0.15) is 10.7 Å². The molecule has 0 radical (unpaired) electrons. The highest BCUT2D eigenvalue weighted by molar-refractivity contribution is 8.04. The van der Waals surface area contributed by atoms with E-state index in [2.05, 4.69) is 38.8 Å². The smallest absolute Gasteiger partial charge is 0.342 e. The number of carboxylic acid groups (broad SMARTS) is 1. The summed E-state index contributed by atoms with van der Waals surface area (Å²) in [6.45, 7) is 2.96. The van der Waals surface area contributed by atoms with Crippen molar-refractivity contribution in [2.24, 2.45) is 0 Å². The Balaban J connectivity index is 1.50. The van der Waals surface area contributed by atoms with Gasteiger partial charge in [0.25, 0.3) is 0 Å². The molecule has 0 aliphatic carbocycles. The lowest BCUT2D eigenvalue weighted by Crippen LogP contribution is -1.97. The Labute approximate surface area is 210 Å². The van der Waals surface area contributed by atoms with Crippen LogP contribution in [0.3, 0.4) is 0 Å². The number of hydrogen-bond donors (Lipinski definition) is 2. The van der Waals surface area contributed by atoms with Crippen molar-refractivity contribution in [2.45, 2.75) is 18.6 Å². The Morgan fingerprint density at radius 3 is 2.71 bits per heavy atom. The molecular formula is C26H21ClN4O3S. The van der Waals surface area contributed by atoms with Gasteiger partial charge in [0.05, 0.1) is 12.7 Å². The molecule has 0 spiro atoms. The van der Waals surface area contributed by atoms with Crippen molar-refractivity contribution in [1.29, 1.82) is 0 Å². The first-order chi connectivity index (χ1) is 17.0. The molecule has 0 bridgehead atoms. The van der Waals surface area contributed by atoms with Crippen LogP contribution < -0.4 is 4.74 Å². The van der Waals surface area contributed by atoms with E-state index in [4.69, 9.17) is 16.3 Å². The number of H-pyrrole nitrogens is 1. The summed E-state index contributed by atoms with van der Waals surface area (Å²) in [4.78, 5) is 16.6. The number of aryl methyl sites for hydroxylation is 1. The van der Waals surface area contributed by atoms with Crippen LogP contribution >= 0.6 is 23.4 Å². The summed E-state index contributed by atoms with van der Waals surface area (Å²) in [5.41, 5.74) is 3.69. The first-order valence-corrected chi connectivity index (χ1v) is 12.1. The number of benzene rings is 3. The molecule has 0 amide bonds. The molecule has 0 saturated heterocycles. The minimum absolute atomic E-state index is 0.104. The predicted octanol–water partition coefficient (Wildman–Crippen LogP) is 6.48. The topological polar surface area (TPSA) is 93.0 Å². The Morgan fingerprint density at radius 1 is 1.14 bits per heavy atom. The lowest BCUT2D eigenvalue weighted by molar-refractivity contribution is -0.131. The third-order valence-corrected chi connectivity index (χ3v) is 6.82. The van der Waals surface area contributed by atoms with Gasteiger partial charge in [-0.15, -0.1) is 5.10 Å². The van der Waals surface area contributed by atoms with Crippen molar-refractivity contribution in [3.8, 4) is 17.1 Å². The number of aromatic amines is 1. The number of ether oxygens (including phenoxy) is 1. The fraction of sp³-hybridized carbons (Fsp3) is 0.115. The van der Waals surface area contributed by atoms with Crippen LogP contribution in [0.5, 0.6) is 5.75 Å². The van der Waals surface area contributed by atoms with Crippen molar-refractivity contribution in [1.82, 2.24) is 19.7 Å². The zero-order chi connectivity index (χ0) is 24.5. The molecule has 35 heavy (non-hydrogen) atoms. The number of thioether (sulfide) groups is 1. The van der Waals surface area contributed by atoms with Gasteiger partial charge in [0.2, 0.25) is 5.16 Å². The van der Waals surface area contributed by atoms with Crippen LogP contribution in [0.15, 0.2) is 70.7 Å². The standard InChI is InChI=1S/C26H21ClN4O3S/c1-3-31-20-7-5-4-6-17(20)18-12-15(8-10-21(18)31)13-23(25(32)33)35-26-28-24(29-30-26)19-14-16(27)9-11-22(19)34-2/h4-14H,3H2,1-2H3,(H,32,33)(H,28,29,30)/b23-13-. The number of nitrogens with one attached hydrogen (secondary N) is 1. The molecular weight excluding hydrogens is 484 g/mol. The summed E-state index contributed by atoms with van der Waals surface area (Å²) in [5.74, 6) is -0.0428. The number of para-hydroxylation sites is 1. The second kappa shape index (κ2) is 9.48. The maximum atomic E-state index is 12.1. The average molecular weight is 505 g/mol. The second-order valence-electron chi connectivity index (χ2n) is 7.76. The van der Waals surface area contributed by atoms with E-state index in [1.807, 2.05) is 30.3 Å². The van der Waals surface area contributed by atoms with Gasteiger partial charge in [0, 0.05) is 33.4 Å². The van der Waals surface area contributed by atoms with Gasteiger partial charge in [0.15, 0.2) is 5.82 Å². The van der Waals surface area contributed by atoms with E-state index in [-0.39, 0.29) is 10.1 Å². The molecule has 0 fully saturated rings. The molecule has 5 aromatic rings. The van der Waals surface area contributed by atoms with Crippen LogP contribution in [-0.4, -0.2) is 37.9 Å². The van der Waals surface area contributed by atoms with Crippen molar-refractivity contribution in [2.75, 3.05) is 7.11 Å². The lowest BCUT2D eigenvalue weighted by atomic mass is 10.1. The van der Waals surface area contributed by atoms with Crippen LogP contribution in [0.1, 0.15) is 12.5 Å². The maximum Gasteiger partial charge on any atom is 0.342 e. The number of hydrogen-bond acceptors (Lipinski definition) is 5. The summed E-state index contributed by atoms with van der Waals surface area (Å²) in [7, 11) is 1.55. The fourth-order valence-electron chi connectivity index (χ4n) is 4.16. The van der Waals surface area contributed by atoms with E-state index in [0.29, 0.717) is 22.2 Å². The Morgan fingerprint density at radius 2 is 1.94 bits per heavy atom. The molecule has 5 rings (SSSR count). The normalized spacial score (nSPS) is 11.9. The number of methoxy groups -OCH3 is 1. The van der Waals surface area contributed by atoms with Gasteiger partial charge < -0.3 is 14.4 Å². The van der Waals surface area contributed by atoms with Gasteiger partial charge >= 0.3 is 5.97 Å². The minimum Gasteiger partial charge on any atom is -0.496 e. The number of halogens is 1. The third kappa shape index (κ3) is 4.38. The third-order valence-electron chi connectivity index (χ3n) is 5.70. The average Bonchev–Trinajstić information content (AvgIpc) is 3.45. The SMILES string of the molecule is CCn1c2ccccc2c2cc(/C=C(\Sc3n[nH]c(-c4cc(Cl)ccc4OC)n3)C(=O)O)ccc21.